The minimum Gasteiger partial charge on any atom is -0.493 e. The summed E-state index contributed by atoms with van der Waals surface area (Å²) in [7, 11) is 3.11. The molecule has 0 aliphatic heterocycles. The number of nitrogens with one attached hydrogen (secondary N) is 1. The van der Waals surface area contributed by atoms with Gasteiger partial charge in [0.1, 0.15) is 10.6 Å². The SMILES string of the molecule is CCOC(=O)c1c(-c2ccc(OC)c(OC)c2)csc1NC(=O)c1cccc(C)c1. The molecule has 0 spiro atoms. The lowest BCUT2D eigenvalue weighted by molar-refractivity contribution is 0.0529. The van der Waals surface area contributed by atoms with Crippen molar-refractivity contribution in [1.82, 2.24) is 0 Å². The van der Waals surface area contributed by atoms with E-state index < -0.39 is 5.97 Å². The quantitative estimate of drug-likeness (QED) is 0.529. The van der Waals surface area contributed by atoms with Crippen LogP contribution in [-0.4, -0.2) is 32.7 Å². The van der Waals surface area contributed by atoms with Gasteiger partial charge in [-0.15, -0.1) is 11.3 Å². The van der Waals surface area contributed by atoms with Crippen LogP contribution in [-0.2, 0) is 4.74 Å². The van der Waals surface area contributed by atoms with Gasteiger partial charge in [0.2, 0.25) is 0 Å². The van der Waals surface area contributed by atoms with E-state index in [4.69, 9.17) is 14.2 Å². The molecule has 1 amide bonds. The van der Waals surface area contributed by atoms with Gasteiger partial charge in [0.05, 0.1) is 20.8 Å². The minimum atomic E-state index is -0.497. The first-order valence-electron chi connectivity index (χ1n) is 9.37. The first kappa shape index (κ1) is 21.4. The fourth-order valence-electron chi connectivity index (χ4n) is 3.03. The average Bonchev–Trinajstić information content (AvgIpc) is 3.16. The summed E-state index contributed by atoms with van der Waals surface area (Å²) in [4.78, 5) is 25.5. The molecule has 0 fully saturated rings. The van der Waals surface area contributed by atoms with E-state index in [9.17, 15) is 9.59 Å². The maximum atomic E-state index is 12.7. The molecule has 3 aromatic rings. The standard InChI is InChI=1S/C23H23NO5S/c1-5-29-23(26)20-17(15-9-10-18(27-3)19(12-15)28-4)13-30-22(20)24-21(25)16-8-6-7-14(2)11-16/h6-13H,5H2,1-4H3,(H,24,25). The molecule has 0 unspecified atom stereocenters. The molecule has 7 heteroatoms. The van der Waals surface area contributed by atoms with E-state index in [2.05, 4.69) is 5.32 Å². The number of rotatable bonds is 7. The number of thiophene rings is 1. The van der Waals surface area contributed by atoms with Gasteiger partial charge in [-0.1, -0.05) is 23.8 Å². The summed E-state index contributed by atoms with van der Waals surface area (Å²) in [6, 6.07) is 12.7. The Balaban J connectivity index is 2.02. The lowest BCUT2D eigenvalue weighted by atomic mass is 10.0. The van der Waals surface area contributed by atoms with Crippen molar-refractivity contribution >= 4 is 28.2 Å². The van der Waals surface area contributed by atoms with E-state index in [1.54, 1.807) is 45.4 Å². The van der Waals surface area contributed by atoms with Crippen molar-refractivity contribution < 1.29 is 23.8 Å². The van der Waals surface area contributed by atoms with Crippen LogP contribution in [0.4, 0.5) is 5.00 Å². The van der Waals surface area contributed by atoms with E-state index >= 15 is 0 Å². The van der Waals surface area contributed by atoms with E-state index in [-0.39, 0.29) is 12.5 Å². The topological polar surface area (TPSA) is 73.9 Å². The molecule has 30 heavy (non-hydrogen) atoms. The molecule has 0 saturated carbocycles. The smallest absolute Gasteiger partial charge is 0.341 e. The molecule has 6 nitrogen and oxygen atoms in total. The van der Waals surface area contributed by atoms with Gasteiger partial charge in [0.15, 0.2) is 11.5 Å². The van der Waals surface area contributed by atoms with Crippen LogP contribution in [0.1, 0.15) is 33.2 Å². The van der Waals surface area contributed by atoms with E-state index in [1.165, 1.54) is 11.3 Å². The molecule has 0 saturated heterocycles. The molecule has 156 valence electrons. The van der Waals surface area contributed by atoms with Gasteiger partial charge < -0.3 is 19.5 Å². The molecule has 1 heterocycles. The highest BCUT2D eigenvalue weighted by Crippen LogP contribution is 2.39. The van der Waals surface area contributed by atoms with Crippen molar-refractivity contribution in [3.05, 3.63) is 64.5 Å². The molecular weight excluding hydrogens is 402 g/mol. The Morgan fingerprint density at radius 1 is 1.03 bits per heavy atom. The summed E-state index contributed by atoms with van der Waals surface area (Å²) in [5.41, 5.74) is 3.22. The number of ether oxygens (including phenoxy) is 3. The largest absolute Gasteiger partial charge is 0.493 e. The Bertz CT molecular complexity index is 1070. The molecule has 0 radical (unpaired) electrons. The van der Waals surface area contributed by atoms with Crippen LogP contribution in [0.2, 0.25) is 0 Å². The molecule has 0 aliphatic rings. The molecule has 1 N–H and O–H groups in total. The van der Waals surface area contributed by atoms with Crippen molar-refractivity contribution in [3.8, 4) is 22.6 Å². The summed E-state index contributed by atoms with van der Waals surface area (Å²) in [5, 5.41) is 5.11. The van der Waals surface area contributed by atoms with Crippen molar-refractivity contribution in [2.45, 2.75) is 13.8 Å². The van der Waals surface area contributed by atoms with Crippen molar-refractivity contribution in [3.63, 3.8) is 0 Å². The van der Waals surface area contributed by atoms with Gasteiger partial charge in [-0.05, 0) is 43.7 Å². The predicted molar refractivity (Wildman–Crippen MR) is 118 cm³/mol. The lowest BCUT2D eigenvalue weighted by Crippen LogP contribution is -2.15. The highest BCUT2D eigenvalue weighted by atomic mass is 32.1. The Labute approximate surface area is 179 Å². The van der Waals surface area contributed by atoms with Gasteiger partial charge in [0.25, 0.3) is 5.91 Å². The second kappa shape index (κ2) is 9.45. The third-order valence-electron chi connectivity index (χ3n) is 4.47. The second-order valence-corrected chi connectivity index (χ2v) is 7.35. The molecular formula is C23H23NO5S. The first-order valence-corrected chi connectivity index (χ1v) is 10.3. The number of hydrogen-bond acceptors (Lipinski definition) is 6. The fourth-order valence-corrected chi connectivity index (χ4v) is 3.99. The van der Waals surface area contributed by atoms with E-state index in [0.29, 0.717) is 33.2 Å². The van der Waals surface area contributed by atoms with Gasteiger partial charge in [-0.25, -0.2) is 4.79 Å². The number of carbonyl (C=O) groups excluding carboxylic acids is 2. The number of hydrogen-bond donors (Lipinski definition) is 1. The summed E-state index contributed by atoms with van der Waals surface area (Å²) in [6.45, 7) is 3.89. The van der Waals surface area contributed by atoms with E-state index in [0.717, 1.165) is 11.1 Å². The fraction of sp³-hybridized carbons (Fsp3) is 0.217. The average molecular weight is 426 g/mol. The Morgan fingerprint density at radius 3 is 2.47 bits per heavy atom. The summed E-state index contributed by atoms with van der Waals surface area (Å²) in [6.07, 6.45) is 0. The zero-order chi connectivity index (χ0) is 21.7. The molecule has 0 aliphatic carbocycles. The maximum Gasteiger partial charge on any atom is 0.341 e. The molecule has 0 atom stereocenters. The summed E-state index contributed by atoms with van der Waals surface area (Å²) >= 11 is 1.27. The first-order chi connectivity index (χ1) is 14.5. The minimum absolute atomic E-state index is 0.228. The number of anilines is 1. The summed E-state index contributed by atoms with van der Waals surface area (Å²) < 4.78 is 15.9. The summed E-state index contributed by atoms with van der Waals surface area (Å²) in [5.74, 6) is 0.344. The second-order valence-electron chi connectivity index (χ2n) is 6.47. The van der Waals surface area contributed by atoms with Crippen molar-refractivity contribution in [2.75, 3.05) is 26.1 Å². The molecule has 0 bridgehead atoms. The molecule has 1 aromatic heterocycles. The van der Waals surface area contributed by atoms with Gasteiger partial charge in [0, 0.05) is 16.5 Å². The zero-order valence-electron chi connectivity index (χ0n) is 17.3. The highest BCUT2D eigenvalue weighted by Gasteiger charge is 2.24. The Morgan fingerprint density at radius 2 is 1.80 bits per heavy atom. The van der Waals surface area contributed by atoms with Crippen LogP contribution in [0.3, 0.4) is 0 Å². The Hall–Kier alpha value is -3.32. The Kier molecular flexibility index (Phi) is 6.74. The highest BCUT2D eigenvalue weighted by molar-refractivity contribution is 7.15. The van der Waals surface area contributed by atoms with Crippen molar-refractivity contribution in [1.29, 1.82) is 0 Å². The molecule has 3 rings (SSSR count). The maximum absolute atomic E-state index is 12.7. The number of esters is 1. The monoisotopic (exact) mass is 425 g/mol. The lowest BCUT2D eigenvalue weighted by Gasteiger charge is -2.11. The van der Waals surface area contributed by atoms with Gasteiger partial charge >= 0.3 is 5.97 Å². The van der Waals surface area contributed by atoms with Crippen molar-refractivity contribution in [2.24, 2.45) is 0 Å². The van der Waals surface area contributed by atoms with Crippen LogP contribution in [0.5, 0.6) is 11.5 Å². The van der Waals surface area contributed by atoms with Crippen LogP contribution in [0.25, 0.3) is 11.1 Å². The van der Waals surface area contributed by atoms with E-state index in [1.807, 2.05) is 30.5 Å². The number of aryl methyl sites for hydroxylation is 1. The third-order valence-corrected chi connectivity index (χ3v) is 5.37. The van der Waals surface area contributed by atoms with Crippen LogP contribution >= 0.6 is 11.3 Å². The zero-order valence-corrected chi connectivity index (χ0v) is 18.1. The van der Waals surface area contributed by atoms with Gasteiger partial charge in [-0.3, -0.25) is 4.79 Å². The number of benzene rings is 2. The molecule has 2 aromatic carbocycles. The van der Waals surface area contributed by atoms with Crippen LogP contribution in [0, 0.1) is 6.92 Å². The number of methoxy groups -OCH3 is 2. The van der Waals surface area contributed by atoms with Gasteiger partial charge in [-0.2, -0.15) is 0 Å². The predicted octanol–water partition coefficient (Wildman–Crippen LogP) is 5.17. The van der Waals surface area contributed by atoms with Crippen LogP contribution < -0.4 is 14.8 Å². The van der Waals surface area contributed by atoms with Crippen LogP contribution in [0.15, 0.2) is 47.8 Å². The third kappa shape index (κ3) is 4.46. The normalized spacial score (nSPS) is 10.4. The number of amides is 1. The number of carbonyl (C=O) groups is 2.